The number of carbonyl (C=O) groups is 1. The molecule has 1 N–H and O–H groups in total. The molecule has 2 aromatic heterocycles. The Bertz CT molecular complexity index is 1380. The van der Waals surface area contributed by atoms with E-state index in [9.17, 15) is 18.8 Å². The first kappa shape index (κ1) is 29.9. The number of hydrogen-bond donors (Lipinski definition) is 1. The van der Waals surface area contributed by atoms with Crippen molar-refractivity contribution in [1.29, 1.82) is 0 Å². The average Bonchev–Trinajstić information content (AvgIpc) is 2.82. The fraction of sp³-hybridized carbons (Fsp3) is 0.500. The first-order valence-corrected chi connectivity index (χ1v) is 16.2. The third-order valence-corrected chi connectivity index (χ3v) is 11.4. The van der Waals surface area contributed by atoms with Crippen LogP contribution in [0.5, 0.6) is 0 Å². The molecule has 2 heterocycles. The minimum absolute atomic E-state index is 0.0000174. The second-order valence-electron chi connectivity index (χ2n) is 11.3. The van der Waals surface area contributed by atoms with Crippen LogP contribution >= 0.6 is 11.6 Å². The Morgan fingerprint density at radius 1 is 1.26 bits per heavy atom. The Morgan fingerprint density at radius 2 is 1.95 bits per heavy atom. The highest BCUT2D eigenvalue weighted by Gasteiger charge is 2.38. The molecule has 206 valence electrons. The Morgan fingerprint density at radius 3 is 2.55 bits per heavy atom. The van der Waals surface area contributed by atoms with Gasteiger partial charge in [0.1, 0.15) is 11.4 Å². The van der Waals surface area contributed by atoms with Crippen molar-refractivity contribution in [2.24, 2.45) is 5.92 Å². The predicted octanol–water partition coefficient (Wildman–Crippen LogP) is 6.31. The number of aromatic nitrogens is 3. The van der Waals surface area contributed by atoms with Crippen molar-refractivity contribution in [1.82, 2.24) is 14.8 Å². The maximum absolute atomic E-state index is 14.5. The minimum Gasteiger partial charge on any atom is -0.462 e. The smallest absolute Gasteiger partial charge is 0.343 e. The Kier molecular flexibility index (Phi) is 9.16. The molecule has 0 radical (unpaired) electrons. The summed E-state index contributed by atoms with van der Waals surface area (Å²) in [5, 5.41) is 8.67. The van der Waals surface area contributed by atoms with E-state index >= 15 is 0 Å². The summed E-state index contributed by atoms with van der Waals surface area (Å²) in [6.07, 6.45) is 3.04. The van der Waals surface area contributed by atoms with Crippen molar-refractivity contribution in [3.05, 3.63) is 68.3 Å². The summed E-state index contributed by atoms with van der Waals surface area (Å²) in [5.74, 6) is -1.14. The number of ether oxygens (including phenoxy) is 1. The molecule has 0 aliphatic heterocycles. The molecule has 0 aliphatic rings. The molecular weight excluding hydrogens is 525 g/mol. The summed E-state index contributed by atoms with van der Waals surface area (Å²) >= 11 is 5.93. The van der Waals surface area contributed by atoms with Crippen molar-refractivity contribution in [2.45, 2.75) is 78.1 Å². The van der Waals surface area contributed by atoms with Gasteiger partial charge in [0.25, 0.3) is 0 Å². The van der Waals surface area contributed by atoms with E-state index in [2.05, 4.69) is 37.9 Å². The Labute approximate surface area is 229 Å². The highest BCUT2D eigenvalue weighted by Crippen LogP contribution is 2.42. The van der Waals surface area contributed by atoms with Crippen LogP contribution in [0.4, 0.5) is 4.39 Å². The molecule has 10 heteroatoms. The van der Waals surface area contributed by atoms with E-state index in [1.807, 2.05) is 17.7 Å². The summed E-state index contributed by atoms with van der Waals surface area (Å²) in [6, 6.07) is 6.14. The number of halogens is 2. The lowest BCUT2D eigenvalue weighted by Crippen LogP contribution is -2.39. The average molecular weight is 562 g/mol. The molecule has 0 bridgehead atoms. The topological polar surface area (TPSA) is 94.3 Å². The normalized spacial score (nSPS) is 13.2. The van der Waals surface area contributed by atoms with Gasteiger partial charge in [-0.15, -0.1) is 5.10 Å². The second kappa shape index (κ2) is 11.6. The lowest BCUT2D eigenvalue weighted by molar-refractivity contribution is 0.0523. The van der Waals surface area contributed by atoms with Crippen LogP contribution in [0.15, 0.2) is 35.3 Å². The lowest BCUT2D eigenvalue weighted by atomic mass is 9.94. The minimum atomic E-state index is -2.44. The number of benzene rings is 1. The van der Waals surface area contributed by atoms with Gasteiger partial charge < -0.3 is 14.1 Å². The van der Waals surface area contributed by atoms with Gasteiger partial charge in [0.2, 0.25) is 5.43 Å². The van der Waals surface area contributed by atoms with Crippen LogP contribution < -0.4 is 5.43 Å². The fourth-order valence-corrected chi connectivity index (χ4v) is 5.32. The molecule has 0 amide bonds. The monoisotopic (exact) mass is 561 g/mol. The first-order chi connectivity index (χ1) is 17.7. The molecule has 3 aromatic rings. The molecule has 7 nitrogen and oxygen atoms in total. The van der Waals surface area contributed by atoms with Crippen molar-refractivity contribution >= 4 is 36.9 Å². The van der Waals surface area contributed by atoms with E-state index < -0.39 is 25.5 Å². The van der Waals surface area contributed by atoms with E-state index in [0.29, 0.717) is 23.3 Å². The summed E-state index contributed by atoms with van der Waals surface area (Å²) in [5.41, 5.74) is 0.443. The van der Waals surface area contributed by atoms with Crippen LogP contribution in [-0.2, 0) is 11.2 Å². The van der Waals surface area contributed by atoms with E-state index in [0.717, 1.165) is 6.42 Å². The molecule has 0 spiro atoms. The van der Waals surface area contributed by atoms with E-state index in [1.54, 1.807) is 25.1 Å². The highest BCUT2D eigenvalue weighted by molar-refractivity contribution is 6.72. The molecule has 1 atom stereocenters. The quantitative estimate of drug-likeness (QED) is 0.230. The molecule has 0 aliphatic carbocycles. The summed E-state index contributed by atoms with van der Waals surface area (Å²) in [4.78, 5) is 37.1. The predicted molar refractivity (Wildman–Crippen MR) is 151 cm³/mol. The molecule has 0 saturated carbocycles. The zero-order valence-electron chi connectivity index (χ0n) is 23.1. The van der Waals surface area contributed by atoms with Gasteiger partial charge in [-0.1, -0.05) is 51.4 Å². The zero-order valence-corrected chi connectivity index (χ0v) is 24.9. The first-order valence-electron chi connectivity index (χ1n) is 12.9. The Balaban J connectivity index is 2.17. The van der Waals surface area contributed by atoms with Crippen molar-refractivity contribution in [3.63, 3.8) is 0 Å². The fourth-order valence-electron chi connectivity index (χ4n) is 4.37. The van der Waals surface area contributed by atoms with Crippen LogP contribution in [0.3, 0.4) is 0 Å². The largest absolute Gasteiger partial charge is 0.462 e. The molecule has 3 rings (SSSR count). The van der Waals surface area contributed by atoms with Gasteiger partial charge in [-0.25, -0.2) is 9.18 Å². The summed E-state index contributed by atoms with van der Waals surface area (Å²) in [6.45, 7) is 14.0. The van der Waals surface area contributed by atoms with Crippen molar-refractivity contribution in [2.75, 3.05) is 6.61 Å². The molecule has 0 saturated heterocycles. The van der Waals surface area contributed by atoms with E-state index in [1.165, 1.54) is 12.3 Å². The van der Waals surface area contributed by atoms with Crippen molar-refractivity contribution < 1.29 is 18.7 Å². The van der Waals surface area contributed by atoms with Crippen LogP contribution in [0.1, 0.15) is 75.1 Å². The highest BCUT2D eigenvalue weighted by atomic mass is 35.5. The summed E-state index contributed by atoms with van der Waals surface area (Å²) < 4.78 is 21.6. The molecular formula is C28H37ClFN3O4Si. The molecule has 0 unspecified atom stereocenters. The number of nitrogens with zero attached hydrogens (tertiary/aromatic N) is 3. The number of hydrogen-bond acceptors (Lipinski definition) is 6. The maximum atomic E-state index is 14.5. The van der Waals surface area contributed by atoms with Gasteiger partial charge in [-0.05, 0) is 61.5 Å². The molecule has 1 aromatic carbocycles. The van der Waals surface area contributed by atoms with Gasteiger partial charge in [0.05, 0.1) is 22.7 Å². The lowest BCUT2D eigenvalue weighted by Gasteiger charge is -2.37. The molecule has 0 fully saturated rings. The van der Waals surface area contributed by atoms with E-state index in [4.69, 9.17) is 16.3 Å². The van der Waals surface area contributed by atoms with Gasteiger partial charge in [-0.2, -0.15) is 5.10 Å². The number of carbonyl (C=O) groups excluding carboxylic acids is 1. The van der Waals surface area contributed by atoms with Crippen LogP contribution in [0.25, 0.3) is 11.0 Å². The number of pyridine rings is 1. The standard InChI is InChI=1S/C28H37ClFN3O4Si/c1-8-37-27(35)21-16-33(23(17(2)3)12-13-28(4,5)38(6,7)36)26-20(25(21)34)15-19(31-32-26)14-18-10-9-11-22(29)24(18)30/h9-11,15-17,23,36H,8,12-14H2,1-7H3/t23-/m1/s1. The van der Waals surface area contributed by atoms with Gasteiger partial charge in [0.15, 0.2) is 14.0 Å². The number of fused-ring (bicyclic) bond motifs is 1. The Hall–Kier alpha value is -2.62. The van der Waals surface area contributed by atoms with Gasteiger partial charge in [0, 0.05) is 18.7 Å². The van der Waals surface area contributed by atoms with Gasteiger partial charge in [-0.3, -0.25) is 4.79 Å². The second-order valence-corrected chi connectivity index (χ2v) is 16.1. The third-order valence-electron chi connectivity index (χ3n) is 7.57. The SMILES string of the molecule is CCOC(=O)c1cn([C@H](CCC(C)(C)[Si](C)(C)O)C(C)C)c2nnc(Cc3cccc(Cl)c3F)cc2c1=O. The maximum Gasteiger partial charge on any atom is 0.343 e. The van der Waals surface area contributed by atoms with Crippen LogP contribution in [-0.4, -0.2) is 40.5 Å². The number of rotatable bonds is 10. The summed E-state index contributed by atoms with van der Waals surface area (Å²) in [7, 11) is -2.44. The van der Waals surface area contributed by atoms with Gasteiger partial charge >= 0.3 is 5.97 Å². The number of esters is 1. The van der Waals surface area contributed by atoms with E-state index in [-0.39, 0.29) is 46.0 Å². The van der Waals surface area contributed by atoms with Crippen molar-refractivity contribution in [3.8, 4) is 0 Å². The van der Waals surface area contributed by atoms with Crippen LogP contribution in [0.2, 0.25) is 23.2 Å². The molecule has 38 heavy (non-hydrogen) atoms. The van der Waals surface area contributed by atoms with Crippen LogP contribution in [0, 0.1) is 11.7 Å². The third kappa shape index (κ3) is 6.32. The zero-order chi connectivity index (χ0) is 28.4.